The number of hydrogen-bond donors (Lipinski definition) is 1. The number of hydrogen-bond acceptors (Lipinski definition) is 4. The summed E-state index contributed by atoms with van der Waals surface area (Å²) in [6.45, 7) is 9.91. The quantitative estimate of drug-likeness (QED) is 0.708. The van der Waals surface area contributed by atoms with Gasteiger partial charge in [0.15, 0.2) is 0 Å². The summed E-state index contributed by atoms with van der Waals surface area (Å²) in [6.07, 6.45) is 0. The molecule has 1 rings (SSSR count). The molecule has 0 aliphatic carbocycles. The highest BCUT2D eigenvalue weighted by Crippen LogP contribution is 2.08. The van der Waals surface area contributed by atoms with Gasteiger partial charge in [-0.15, -0.1) is 12.4 Å². The SMILES string of the molecule is COCCOCCN1[C@H](C)CNC[C@@H]1C.Cl. The summed E-state index contributed by atoms with van der Waals surface area (Å²) >= 11 is 0. The van der Waals surface area contributed by atoms with Crippen LogP contribution in [0.5, 0.6) is 0 Å². The molecule has 1 fully saturated rings. The lowest BCUT2D eigenvalue weighted by Crippen LogP contribution is -2.55. The first kappa shape index (κ1) is 16.1. The summed E-state index contributed by atoms with van der Waals surface area (Å²) in [4.78, 5) is 2.50. The molecule has 0 saturated carbocycles. The molecule has 98 valence electrons. The molecule has 0 radical (unpaired) electrons. The first-order chi connectivity index (χ1) is 7.25. The number of nitrogens with one attached hydrogen (secondary N) is 1. The van der Waals surface area contributed by atoms with E-state index in [-0.39, 0.29) is 12.4 Å². The fourth-order valence-electron chi connectivity index (χ4n) is 2.03. The molecule has 1 aliphatic rings. The smallest absolute Gasteiger partial charge is 0.0700 e. The normalized spacial score (nSPS) is 26.4. The molecular weight excluding hydrogens is 228 g/mol. The Balaban J connectivity index is 0.00000225. The lowest BCUT2D eigenvalue weighted by molar-refractivity contribution is 0.0339. The highest BCUT2D eigenvalue weighted by Gasteiger charge is 2.23. The Kier molecular flexibility index (Phi) is 9.26. The van der Waals surface area contributed by atoms with E-state index >= 15 is 0 Å². The molecule has 1 heterocycles. The summed E-state index contributed by atoms with van der Waals surface area (Å²) in [5.74, 6) is 0. The number of methoxy groups -OCH3 is 1. The van der Waals surface area contributed by atoms with Crippen LogP contribution in [0.2, 0.25) is 0 Å². The molecule has 4 nitrogen and oxygen atoms in total. The van der Waals surface area contributed by atoms with Gasteiger partial charge >= 0.3 is 0 Å². The molecule has 0 aromatic rings. The van der Waals surface area contributed by atoms with Crippen LogP contribution in [-0.4, -0.2) is 63.5 Å². The van der Waals surface area contributed by atoms with Gasteiger partial charge < -0.3 is 14.8 Å². The molecule has 16 heavy (non-hydrogen) atoms. The molecule has 0 bridgehead atoms. The van der Waals surface area contributed by atoms with Crippen LogP contribution in [0.15, 0.2) is 0 Å². The molecule has 2 atom stereocenters. The van der Waals surface area contributed by atoms with Crippen LogP contribution in [0.25, 0.3) is 0 Å². The predicted molar refractivity (Wildman–Crippen MR) is 68.4 cm³/mol. The van der Waals surface area contributed by atoms with Crippen LogP contribution >= 0.6 is 12.4 Å². The van der Waals surface area contributed by atoms with Gasteiger partial charge in [-0.05, 0) is 13.8 Å². The van der Waals surface area contributed by atoms with E-state index in [4.69, 9.17) is 9.47 Å². The highest BCUT2D eigenvalue weighted by molar-refractivity contribution is 5.85. The number of ether oxygens (including phenoxy) is 2. The lowest BCUT2D eigenvalue weighted by Gasteiger charge is -2.39. The van der Waals surface area contributed by atoms with Crippen molar-refractivity contribution in [1.82, 2.24) is 10.2 Å². The minimum atomic E-state index is 0. The maximum Gasteiger partial charge on any atom is 0.0700 e. The minimum absolute atomic E-state index is 0. The van der Waals surface area contributed by atoms with E-state index in [1.54, 1.807) is 7.11 Å². The van der Waals surface area contributed by atoms with E-state index in [1.807, 2.05) is 0 Å². The van der Waals surface area contributed by atoms with Gasteiger partial charge in [-0.2, -0.15) is 0 Å². The molecular formula is C11H25ClN2O2. The number of piperazine rings is 1. The van der Waals surface area contributed by atoms with Gasteiger partial charge in [0.1, 0.15) is 0 Å². The second-order valence-electron chi connectivity index (χ2n) is 4.20. The maximum atomic E-state index is 5.49. The maximum absolute atomic E-state index is 5.49. The van der Waals surface area contributed by atoms with Gasteiger partial charge in [0, 0.05) is 38.8 Å². The summed E-state index contributed by atoms with van der Waals surface area (Å²) in [5, 5.41) is 3.42. The molecule has 0 aromatic heterocycles. The van der Waals surface area contributed by atoms with Gasteiger partial charge in [-0.3, -0.25) is 4.90 Å². The van der Waals surface area contributed by atoms with Crippen molar-refractivity contribution in [2.24, 2.45) is 0 Å². The van der Waals surface area contributed by atoms with E-state index in [9.17, 15) is 0 Å². The topological polar surface area (TPSA) is 33.7 Å². The van der Waals surface area contributed by atoms with Crippen molar-refractivity contribution in [3.63, 3.8) is 0 Å². The summed E-state index contributed by atoms with van der Waals surface area (Å²) < 4.78 is 10.4. The Hall–Kier alpha value is 0.130. The Morgan fingerprint density at radius 3 is 2.31 bits per heavy atom. The van der Waals surface area contributed by atoms with Gasteiger partial charge in [-0.25, -0.2) is 0 Å². The molecule has 0 spiro atoms. The van der Waals surface area contributed by atoms with E-state index in [1.165, 1.54) is 0 Å². The highest BCUT2D eigenvalue weighted by atomic mass is 35.5. The molecule has 1 saturated heterocycles. The van der Waals surface area contributed by atoms with E-state index in [0.717, 1.165) is 26.2 Å². The number of rotatable bonds is 6. The minimum Gasteiger partial charge on any atom is -0.382 e. The lowest BCUT2D eigenvalue weighted by atomic mass is 10.1. The molecule has 0 aromatic carbocycles. The van der Waals surface area contributed by atoms with Crippen LogP contribution in [-0.2, 0) is 9.47 Å². The van der Waals surface area contributed by atoms with Gasteiger partial charge in [-0.1, -0.05) is 0 Å². The van der Waals surface area contributed by atoms with Crippen molar-refractivity contribution in [1.29, 1.82) is 0 Å². The fraction of sp³-hybridized carbons (Fsp3) is 1.00. The van der Waals surface area contributed by atoms with Gasteiger partial charge in [0.05, 0.1) is 19.8 Å². The Labute approximate surface area is 105 Å². The van der Waals surface area contributed by atoms with Crippen LogP contribution in [0.3, 0.4) is 0 Å². The van der Waals surface area contributed by atoms with E-state index < -0.39 is 0 Å². The van der Waals surface area contributed by atoms with E-state index in [2.05, 4.69) is 24.1 Å². The van der Waals surface area contributed by atoms with Gasteiger partial charge in [0.25, 0.3) is 0 Å². The van der Waals surface area contributed by atoms with Crippen molar-refractivity contribution >= 4 is 12.4 Å². The Bertz CT molecular complexity index is 162. The molecule has 0 amide bonds. The third-order valence-electron chi connectivity index (χ3n) is 2.94. The fourth-order valence-corrected chi connectivity index (χ4v) is 2.03. The standard InChI is InChI=1S/C11H24N2O2.ClH/c1-10-8-12-9-11(2)13(10)4-5-15-7-6-14-3;/h10-12H,4-9H2,1-3H3;1H/t10-,11+;. The first-order valence-corrected chi connectivity index (χ1v) is 5.79. The van der Waals surface area contributed by atoms with Gasteiger partial charge in [0.2, 0.25) is 0 Å². The molecule has 1 N–H and O–H groups in total. The Morgan fingerprint density at radius 2 is 1.75 bits per heavy atom. The summed E-state index contributed by atoms with van der Waals surface area (Å²) in [6, 6.07) is 1.22. The zero-order valence-electron chi connectivity index (χ0n) is 10.6. The van der Waals surface area contributed by atoms with Crippen molar-refractivity contribution in [3.8, 4) is 0 Å². The van der Waals surface area contributed by atoms with Crippen LogP contribution in [0.4, 0.5) is 0 Å². The zero-order chi connectivity index (χ0) is 11.1. The predicted octanol–water partition coefficient (Wildman–Crippen LogP) is 0.753. The third-order valence-corrected chi connectivity index (χ3v) is 2.94. The Morgan fingerprint density at radius 1 is 1.12 bits per heavy atom. The average Bonchev–Trinajstić information content (AvgIpc) is 2.21. The van der Waals surface area contributed by atoms with Crippen LogP contribution < -0.4 is 5.32 Å². The summed E-state index contributed by atoms with van der Waals surface area (Å²) in [5.41, 5.74) is 0. The van der Waals surface area contributed by atoms with Crippen molar-refractivity contribution in [3.05, 3.63) is 0 Å². The van der Waals surface area contributed by atoms with E-state index in [0.29, 0.717) is 25.3 Å². The number of nitrogens with zero attached hydrogens (tertiary/aromatic N) is 1. The molecule has 1 aliphatic heterocycles. The summed E-state index contributed by atoms with van der Waals surface area (Å²) in [7, 11) is 1.70. The van der Waals surface area contributed by atoms with Crippen LogP contribution in [0, 0.1) is 0 Å². The third kappa shape index (κ3) is 5.46. The van der Waals surface area contributed by atoms with Crippen LogP contribution in [0.1, 0.15) is 13.8 Å². The van der Waals surface area contributed by atoms with Crippen molar-refractivity contribution < 1.29 is 9.47 Å². The number of halogens is 1. The molecule has 5 heteroatoms. The van der Waals surface area contributed by atoms with Crippen molar-refractivity contribution in [2.75, 3.05) is 46.6 Å². The molecule has 0 unspecified atom stereocenters. The first-order valence-electron chi connectivity index (χ1n) is 5.79. The van der Waals surface area contributed by atoms with Crippen molar-refractivity contribution in [2.45, 2.75) is 25.9 Å². The largest absolute Gasteiger partial charge is 0.382 e. The second-order valence-corrected chi connectivity index (χ2v) is 4.20. The zero-order valence-corrected chi connectivity index (χ0v) is 11.4. The second kappa shape index (κ2) is 9.19. The monoisotopic (exact) mass is 252 g/mol. The average molecular weight is 253 g/mol.